The van der Waals surface area contributed by atoms with Crippen molar-refractivity contribution in [3.8, 4) is 0 Å². The molecular weight excluding hydrogens is 821 g/mol. The number of ether oxygens (including phenoxy) is 3. The highest BCUT2D eigenvalue weighted by Gasteiger charge is 2.44. The summed E-state index contributed by atoms with van der Waals surface area (Å²) < 4.78 is 17.6. The molecule has 0 bridgehead atoms. The lowest BCUT2D eigenvalue weighted by molar-refractivity contribution is -0.148. The standard InChI is InChI=1S/C48H80N6O10/c1-13-32(6)43(52(10)47(60)40(30(2)3)49-46(59)42(31(4)5)51(9)23-18-22-39(56)57)37(62-11)29-38(55)54-24-17-21-36(54)44(63-12)34(8)45(58)50-41(33(7)35-19-15-14-16-20-35)48(61)53-25-27-64-28-26-53/h14-16,19-20,30-34,36-37,40-44H,13,17-18,21-29H2,1-12H3,(H,49,59)(H,50,58)(H,56,57). The third-order valence-electron chi connectivity index (χ3n) is 13.5. The minimum atomic E-state index is -0.897. The average molecular weight is 901 g/mol. The number of likely N-dealkylation sites (tertiary alicyclic amines) is 1. The highest BCUT2D eigenvalue weighted by Crippen LogP contribution is 2.30. The largest absolute Gasteiger partial charge is 0.481 e. The number of likely N-dealkylation sites (N-methyl/N-ethyl adjacent to an activating group) is 2. The first-order valence-electron chi connectivity index (χ1n) is 23.4. The van der Waals surface area contributed by atoms with Crippen molar-refractivity contribution in [1.29, 1.82) is 0 Å². The van der Waals surface area contributed by atoms with Gasteiger partial charge in [-0.1, -0.05) is 92.1 Å². The maximum absolute atomic E-state index is 14.5. The summed E-state index contributed by atoms with van der Waals surface area (Å²) in [6.07, 6.45) is 0.992. The Morgan fingerprint density at radius 1 is 0.859 bits per heavy atom. The zero-order valence-electron chi connectivity index (χ0n) is 40.7. The van der Waals surface area contributed by atoms with Crippen LogP contribution in [0.1, 0.15) is 105 Å². The van der Waals surface area contributed by atoms with Gasteiger partial charge in [-0.25, -0.2) is 0 Å². The predicted octanol–water partition coefficient (Wildman–Crippen LogP) is 4.02. The van der Waals surface area contributed by atoms with Crippen LogP contribution in [0.3, 0.4) is 0 Å². The molecule has 1 aromatic rings. The fourth-order valence-corrected chi connectivity index (χ4v) is 9.52. The molecule has 64 heavy (non-hydrogen) atoms. The fraction of sp³-hybridized carbons (Fsp3) is 0.750. The molecule has 0 aromatic heterocycles. The molecule has 10 atom stereocenters. The number of aliphatic carboxylic acids is 1. The van der Waals surface area contributed by atoms with E-state index in [4.69, 9.17) is 19.3 Å². The van der Waals surface area contributed by atoms with Crippen LogP contribution in [0.15, 0.2) is 30.3 Å². The van der Waals surface area contributed by atoms with Gasteiger partial charge in [0, 0.05) is 53.2 Å². The summed E-state index contributed by atoms with van der Waals surface area (Å²) in [4.78, 5) is 89.2. The Bertz CT molecular complexity index is 1660. The third-order valence-corrected chi connectivity index (χ3v) is 13.5. The van der Waals surface area contributed by atoms with E-state index in [1.165, 1.54) is 7.11 Å². The van der Waals surface area contributed by atoms with E-state index in [0.29, 0.717) is 65.1 Å². The van der Waals surface area contributed by atoms with E-state index in [9.17, 15) is 28.8 Å². The van der Waals surface area contributed by atoms with E-state index >= 15 is 0 Å². The Hall–Kier alpha value is -4.12. The number of carboxylic acid groups (broad SMARTS) is 1. The van der Waals surface area contributed by atoms with Gasteiger partial charge >= 0.3 is 5.97 Å². The van der Waals surface area contributed by atoms with Crippen molar-refractivity contribution in [2.24, 2.45) is 23.7 Å². The van der Waals surface area contributed by atoms with Crippen LogP contribution in [-0.4, -0.2) is 170 Å². The molecule has 5 amide bonds. The molecule has 362 valence electrons. The van der Waals surface area contributed by atoms with Gasteiger partial charge in [-0.3, -0.25) is 33.7 Å². The van der Waals surface area contributed by atoms with E-state index in [-0.39, 0.29) is 66.0 Å². The number of amides is 5. The maximum atomic E-state index is 14.5. The Labute approximate surface area is 382 Å². The highest BCUT2D eigenvalue weighted by atomic mass is 16.5. The van der Waals surface area contributed by atoms with Gasteiger partial charge in [0.05, 0.1) is 55.9 Å². The molecule has 0 saturated carbocycles. The zero-order chi connectivity index (χ0) is 47.8. The molecule has 0 spiro atoms. The normalized spacial score (nSPS) is 19.9. The van der Waals surface area contributed by atoms with Crippen molar-refractivity contribution in [1.82, 2.24) is 30.2 Å². The van der Waals surface area contributed by atoms with Gasteiger partial charge in [-0.2, -0.15) is 0 Å². The molecule has 0 aliphatic carbocycles. The second-order valence-electron chi connectivity index (χ2n) is 18.6. The first-order valence-corrected chi connectivity index (χ1v) is 23.4. The number of carbonyl (C=O) groups excluding carboxylic acids is 5. The van der Waals surface area contributed by atoms with Crippen LogP contribution >= 0.6 is 0 Å². The molecule has 2 saturated heterocycles. The van der Waals surface area contributed by atoms with Crippen LogP contribution < -0.4 is 10.6 Å². The van der Waals surface area contributed by atoms with Crippen molar-refractivity contribution >= 4 is 35.5 Å². The van der Waals surface area contributed by atoms with Crippen LogP contribution in [-0.2, 0) is 43.0 Å². The molecule has 0 radical (unpaired) electrons. The SMILES string of the molecule is CCC(C)C(C(CC(=O)N1CCCC1C(OC)C(C)C(=O)NC(C(=O)N1CCOCC1)C(C)c1ccccc1)OC)N(C)C(=O)C(NC(=O)C(C(C)C)N(C)CCCC(=O)O)C(C)C. The minimum absolute atomic E-state index is 0.00884. The molecule has 3 rings (SSSR count). The van der Waals surface area contributed by atoms with Crippen LogP contribution in [0.4, 0.5) is 0 Å². The Morgan fingerprint density at radius 2 is 1.48 bits per heavy atom. The lowest BCUT2D eigenvalue weighted by Gasteiger charge is -2.41. The molecular formula is C48H80N6O10. The van der Waals surface area contributed by atoms with Crippen LogP contribution in [0, 0.1) is 23.7 Å². The lowest BCUT2D eigenvalue weighted by atomic mass is 9.89. The summed E-state index contributed by atoms with van der Waals surface area (Å²) in [6.45, 7) is 18.0. The quantitative estimate of drug-likeness (QED) is 0.129. The van der Waals surface area contributed by atoms with Crippen molar-refractivity contribution in [3.63, 3.8) is 0 Å². The number of morpholine rings is 1. The molecule has 16 nitrogen and oxygen atoms in total. The summed E-state index contributed by atoms with van der Waals surface area (Å²) in [6, 6.07) is 6.40. The van der Waals surface area contributed by atoms with Gasteiger partial charge in [0.15, 0.2) is 0 Å². The second kappa shape index (κ2) is 26.1. The molecule has 2 fully saturated rings. The van der Waals surface area contributed by atoms with Crippen molar-refractivity contribution in [3.05, 3.63) is 35.9 Å². The van der Waals surface area contributed by atoms with Crippen LogP contribution in [0.2, 0.25) is 0 Å². The molecule has 1 aromatic carbocycles. The lowest BCUT2D eigenvalue weighted by Crippen LogP contribution is -2.60. The smallest absolute Gasteiger partial charge is 0.303 e. The summed E-state index contributed by atoms with van der Waals surface area (Å²) in [5.41, 5.74) is 0.924. The Balaban J connectivity index is 1.81. The number of methoxy groups -OCH3 is 2. The predicted molar refractivity (Wildman–Crippen MR) is 245 cm³/mol. The minimum Gasteiger partial charge on any atom is -0.481 e. The molecule has 16 heteroatoms. The number of carbonyl (C=O) groups is 6. The first kappa shape index (κ1) is 54.2. The summed E-state index contributed by atoms with van der Waals surface area (Å²) in [5, 5.41) is 15.3. The zero-order valence-corrected chi connectivity index (χ0v) is 40.7. The van der Waals surface area contributed by atoms with Gasteiger partial charge in [-0.05, 0) is 56.2 Å². The molecule has 2 aliphatic rings. The number of rotatable bonds is 25. The number of carboxylic acids is 1. The molecule has 10 unspecified atom stereocenters. The van der Waals surface area contributed by atoms with Crippen LogP contribution in [0.25, 0.3) is 0 Å². The topological polar surface area (TPSA) is 187 Å². The monoisotopic (exact) mass is 901 g/mol. The van der Waals surface area contributed by atoms with Gasteiger partial charge in [0.25, 0.3) is 0 Å². The van der Waals surface area contributed by atoms with Crippen LogP contribution in [0.5, 0.6) is 0 Å². The van der Waals surface area contributed by atoms with Crippen molar-refractivity contribution in [2.45, 2.75) is 142 Å². The van der Waals surface area contributed by atoms with Crippen molar-refractivity contribution in [2.75, 3.05) is 67.7 Å². The summed E-state index contributed by atoms with van der Waals surface area (Å²) in [7, 11) is 6.57. The third kappa shape index (κ3) is 14.4. The molecule has 2 heterocycles. The fourth-order valence-electron chi connectivity index (χ4n) is 9.52. The summed E-state index contributed by atoms with van der Waals surface area (Å²) in [5.74, 6) is -3.71. The number of nitrogens with one attached hydrogen (secondary N) is 2. The number of hydrogen-bond donors (Lipinski definition) is 3. The van der Waals surface area contributed by atoms with Crippen molar-refractivity contribution < 1.29 is 48.1 Å². The van der Waals surface area contributed by atoms with Gasteiger partial charge in [0.1, 0.15) is 12.1 Å². The maximum Gasteiger partial charge on any atom is 0.303 e. The van der Waals surface area contributed by atoms with Gasteiger partial charge in [-0.15, -0.1) is 0 Å². The molecule has 3 N–H and O–H groups in total. The number of benzene rings is 1. The average Bonchev–Trinajstić information content (AvgIpc) is 3.76. The highest BCUT2D eigenvalue weighted by molar-refractivity contribution is 5.91. The Kier molecular flexibility index (Phi) is 22.1. The van der Waals surface area contributed by atoms with E-state index in [1.54, 1.807) is 42.8 Å². The van der Waals surface area contributed by atoms with Gasteiger partial charge < -0.3 is 44.7 Å². The van der Waals surface area contributed by atoms with E-state index in [2.05, 4.69) is 10.6 Å². The second-order valence-corrected chi connectivity index (χ2v) is 18.6. The number of nitrogens with zero attached hydrogens (tertiary/aromatic N) is 4. The molecule has 2 aliphatic heterocycles. The van der Waals surface area contributed by atoms with E-state index in [1.807, 2.05) is 83.7 Å². The van der Waals surface area contributed by atoms with E-state index in [0.717, 1.165) is 5.56 Å². The van der Waals surface area contributed by atoms with Gasteiger partial charge in [0.2, 0.25) is 29.5 Å². The Morgan fingerprint density at radius 3 is 2.03 bits per heavy atom. The first-order chi connectivity index (χ1) is 30.3. The summed E-state index contributed by atoms with van der Waals surface area (Å²) >= 11 is 0. The van der Waals surface area contributed by atoms with E-state index < -0.39 is 54.3 Å². The number of hydrogen-bond acceptors (Lipinski definition) is 10.